The van der Waals surface area contributed by atoms with Gasteiger partial charge in [-0.05, 0) is 18.2 Å². The van der Waals surface area contributed by atoms with Gasteiger partial charge in [0.05, 0.1) is 13.2 Å². The van der Waals surface area contributed by atoms with Gasteiger partial charge in [0.25, 0.3) is 5.91 Å². The van der Waals surface area contributed by atoms with E-state index in [9.17, 15) is 9.59 Å². The molecule has 1 aromatic carbocycles. The molecule has 0 bridgehead atoms. The zero-order chi connectivity index (χ0) is 15.5. The fourth-order valence-corrected chi connectivity index (χ4v) is 1.47. The van der Waals surface area contributed by atoms with Crippen molar-refractivity contribution in [2.24, 2.45) is 5.73 Å². The number of aliphatic hydroxyl groups excluding tert-OH is 1. The molecule has 0 aliphatic rings. The average molecular weight is 290 g/mol. The fourth-order valence-electron chi connectivity index (χ4n) is 1.47. The SMILES string of the molecule is NC(=O)COCCNC(=O)c1cccc(C#CCCO)c1. The van der Waals surface area contributed by atoms with Gasteiger partial charge in [-0.25, -0.2) is 0 Å². The summed E-state index contributed by atoms with van der Waals surface area (Å²) in [6, 6.07) is 6.87. The first kappa shape index (κ1) is 16.7. The number of benzene rings is 1. The highest BCUT2D eigenvalue weighted by molar-refractivity contribution is 5.94. The van der Waals surface area contributed by atoms with Crippen molar-refractivity contribution in [3.63, 3.8) is 0 Å². The minimum Gasteiger partial charge on any atom is -0.395 e. The maximum atomic E-state index is 11.9. The molecule has 0 atom stereocenters. The normalized spacial score (nSPS) is 9.57. The van der Waals surface area contributed by atoms with Gasteiger partial charge < -0.3 is 20.9 Å². The van der Waals surface area contributed by atoms with Gasteiger partial charge in [0.2, 0.25) is 5.91 Å². The number of ether oxygens (including phenoxy) is 1. The first-order chi connectivity index (χ1) is 10.1. The van der Waals surface area contributed by atoms with Gasteiger partial charge >= 0.3 is 0 Å². The van der Waals surface area contributed by atoms with Gasteiger partial charge in [-0.15, -0.1) is 0 Å². The second kappa shape index (κ2) is 9.53. The highest BCUT2D eigenvalue weighted by Crippen LogP contribution is 2.04. The van der Waals surface area contributed by atoms with Crippen LogP contribution in [0.4, 0.5) is 0 Å². The molecular formula is C15H18N2O4. The largest absolute Gasteiger partial charge is 0.395 e. The van der Waals surface area contributed by atoms with E-state index in [1.807, 2.05) is 0 Å². The van der Waals surface area contributed by atoms with Crippen LogP contribution in [0.5, 0.6) is 0 Å². The lowest BCUT2D eigenvalue weighted by molar-refractivity contribution is -0.122. The van der Waals surface area contributed by atoms with E-state index in [-0.39, 0.29) is 32.3 Å². The quantitative estimate of drug-likeness (QED) is 0.472. The number of rotatable bonds is 7. The minimum absolute atomic E-state index is 0.0124. The third-order valence-electron chi connectivity index (χ3n) is 2.37. The first-order valence-electron chi connectivity index (χ1n) is 6.47. The molecule has 4 N–H and O–H groups in total. The van der Waals surface area contributed by atoms with Crippen LogP contribution in [0.2, 0.25) is 0 Å². The van der Waals surface area contributed by atoms with Gasteiger partial charge in [-0.3, -0.25) is 9.59 Å². The zero-order valence-electron chi connectivity index (χ0n) is 11.6. The monoisotopic (exact) mass is 290 g/mol. The van der Waals surface area contributed by atoms with Gasteiger partial charge in [0.1, 0.15) is 6.61 Å². The number of nitrogens with one attached hydrogen (secondary N) is 1. The summed E-state index contributed by atoms with van der Waals surface area (Å²) in [6.45, 7) is 0.349. The van der Waals surface area contributed by atoms with E-state index in [4.69, 9.17) is 15.6 Å². The van der Waals surface area contributed by atoms with E-state index in [0.717, 1.165) is 0 Å². The maximum absolute atomic E-state index is 11.9. The molecule has 0 spiro atoms. The molecule has 1 aromatic rings. The minimum atomic E-state index is -0.546. The van der Waals surface area contributed by atoms with Crippen molar-refractivity contribution >= 4 is 11.8 Å². The molecule has 6 nitrogen and oxygen atoms in total. The predicted octanol–water partition coefficient (Wildman–Crippen LogP) is -0.348. The van der Waals surface area contributed by atoms with E-state index >= 15 is 0 Å². The third kappa shape index (κ3) is 7.11. The van der Waals surface area contributed by atoms with Crippen molar-refractivity contribution in [1.29, 1.82) is 0 Å². The number of hydrogen-bond acceptors (Lipinski definition) is 4. The molecule has 0 saturated carbocycles. The Morgan fingerprint density at radius 1 is 1.38 bits per heavy atom. The number of carbonyl (C=O) groups is 2. The van der Waals surface area contributed by atoms with Crippen molar-refractivity contribution in [2.45, 2.75) is 6.42 Å². The Bertz CT molecular complexity index is 546. The van der Waals surface area contributed by atoms with Gasteiger partial charge in [-0.2, -0.15) is 0 Å². The molecule has 0 radical (unpaired) electrons. The summed E-state index contributed by atoms with van der Waals surface area (Å²) < 4.78 is 4.94. The van der Waals surface area contributed by atoms with Crippen molar-refractivity contribution < 1.29 is 19.4 Å². The molecule has 0 saturated heterocycles. The number of aliphatic hydroxyl groups is 1. The molecule has 0 aromatic heterocycles. The van der Waals surface area contributed by atoms with E-state index in [1.54, 1.807) is 24.3 Å². The second-order valence-corrected chi connectivity index (χ2v) is 4.13. The van der Waals surface area contributed by atoms with Crippen LogP contribution in [0.15, 0.2) is 24.3 Å². The molecule has 112 valence electrons. The van der Waals surface area contributed by atoms with Crippen molar-refractivity contribution in [1.82, 2.24) is 5.32 Å². The van der Waals surface area contributed by atoms with Crippen molar-refractivity contribution in [3.8, 4) is 11.8 Å². The Balaban J connectivity index is 2.45. The molecule has 1 rings (SSSR count). The number of hydrogen-bond donors (Lipinski definition) is 3. The Morgan fingerprint density at radius 3 is 2.90 bits per heavy atom. The zero-order valence-corrected chi connectivity index (χ0v) is 11.6. The van der Waals surface area contributed by atoms with E-state index in [1.165, 1.54) is 0 Å². The second-order valence-electron chi connectivity index (χ2n) is 4.13. The Hall–Kier alpha value is -2.36. The van der Waals surface area contributed by atoms with Crippen LogP contribution in [-0.4, -0.2) is 43.3 Å². The van der Waals surface area contributed by atoms with Crippen LogP contribution < -0.4 is 11.1 Å². The van der Waals surface area contributed by atoms with Gasteiger partial charge in [-0.1, -0.05) is 17.9 Å². The van der Waals surface area contributed by atoms with Crippen LogP contribution in [0.25, 0.3) is 0 Å². The fraction of sp³-hybridized carbons (Fsp3) is 0.333. The van der Waals surface area contributed by atoms with Crippen LogP contribution in [0, 0.1) is 11.8 Å². The summed E-state index contributed by atoms with van der Waals surface area (Å²) in [5, 5.41) is 11.3. The lowest BCUT2D eigenvalue weighted by atomic mass is 10.1. The summed E-state index contributed by atoms with van der Waals surface area (Å²) in [5.74, 6) is 4.86. The molecule has 0 aliphatic heterocycles. The van der Waals surface area contributed by atoms with Crippen molar-refractivity contribution in [3.05, 3.63) is 35.4 Å². The smallest absolute Gasteiger partial charge is 0.251 e. The van der Waals surface area contributed by atoms with Gasteiger partial charge in [0, 0.05) is 24.1 Å². The summed E-state index contributed by atoms with van der Waals surface area (Å²) >= 11 is 0. The molecule has 0 unspecified atom stereocenters. The predicted molar refractivity (Wildman–Crippen MR) is 77.4 cm³/mol. The average Bonchev–Trinajstić information content (AvgIpc) is 2.47. The van der Waals surface area contributed by atoms with Gasteiger partial charge in [0.15, 0.2) is 0 Å². The third-order valence-corrected chi connectivity index (χ3v) is 2.37. The number of primary amides is 1. The van der Waals surface area contributed by atoms with E-state index in [2.05, 4.69) is 17.2 Å². The molecule has 21 heavy (non-hydrogen) atoms. The highest BCUT2D eigenvalue weighted by atomic mass is 16.5. The van der Waals surface area contributed by atoms with Crippen LogP contribution in [-0.2, 0) is 9.53 Å². The Morgan fingerprint density at radius 2 is 2.19 bits per heavy atom. The summed E-state index contributed by atoms with van der Waals surface area (Å²) in [5.41, 5.74) is 6.11. The lowest BCUT2D eigenvalue weighted by Gasteiger charge is -2.05. The number of carbonyl (C=O) groups excluding carboxylic acids is 2. The number of amides is 2. The molecule has 0 aliphatic carbocycles. The number of nitrogens with two attached hydrogens (primary N) is 1. The Kier molecular flexibility index (Phi) is 7.58. The van der Waals surface area contributed by atoms with Crippen LogP contribution in [0.1, 0.15) is 22.3 Å². The van der Waals surface area contributed by atoms with Crippen LogP contribution >= 0.6 is 0 Å². The molecular weight excluding hydrogens is 272 g/mol. The molecule has 2 amide bonds. The molecule has 6 heteroatoms. The molecule has 0 fully saturated rings. The van der Waals surface area contributed by atoms with E-state index in [0.29, 0.717) is 17.5 Å². The standard InChI is InChI=1S/C15H18N2O4/c16-14(19)11-21-9-7-17-15(20)13-6-3-5-12(10-13)4-1-2-8-18/h3,5-6,10,18H,2,7-9,11H2,(H2,16,19)(H,17,20). The summed E-state index contributed by atoms with van der Waals surface area (Å²) in [7, 11) is 0. The van der Waals surface area contributed by atoms with Crippen LogP contribution in [0.3, 0.4) is 0 Å². The maximum Gasteiger partial charge on any atom is 0.251 e. The topological polar surface area (TPSA) is 102 Å². The van der Waals surface area contributed by atoms with E-state index < -0.39 is 5.91 Å². The first-order valence-corrected chi connectivity index (χ1v) is 6.47. The summed E-state index contributed by atoms with van der Waals surface area (Å²) in [6.07, 6.45) is 0.396. The lowest BCUT2D eigenvalue weighted by Crippen LogP contribution is -2.28. The summed E-state index contributed by atoms with van der Waals surface area (Å²) in [4.78, 5) is 22.3. The molecule has 0 heterocycles. The highest BCUT2D eigenvalue weighted by Gasteiger charge is 2.05. The van der Waals surface area contributed by atoms with Crippen molar-refractivity contribution in [2.75, 3.05) is 26.4 Å². The Labute approximate surface area is 123 Å².